The molecule has 1 aromatic carbocycles. The molecule has 0 spiro atoms. The molecule has 0 fully saturated rings. The SMILES string of the molecule is O=[N+]([O-])c1ccc(CC(CO)(CO)[N+](=O)[O-])cc1. The highest BCUT2D eigenvalue weighted by molar-refractivity contribution is 5.33. The number of hydrogen-bond donors (Lipinski definition) is 2. The average Bonchev–Trinajstić information content (AvgIpc) is 2.36. The smallest absolute Gasteiger partial charge is 0.271 e. The van der Waals surface area contributed by atoms with Gasteiger partial charge in [0, 0.05) is 23.5 Å². The van der Waals surface area contributed by atoms with Crippen LogP contribution in [0.4, 0.5) is 5.69 Å². The third-order valence-electron chi connectivity index (χ3n) is 2.66. The molecule has 0 aliphatic carbocycles. The molecule has 0 atom stereocenters. The summed E-state index contributed by atoms with van der Waals surface area (Å²) in [6.45, 7) is -1.62. The van der Waals surface area contributed by atoms with Gasteiger partial charge < -0.3 is 10.2 Å². The Labute approximate surface area is 102 Å². The Kier molecular flexibility index (Phi) is 4.29. The molecule has 2 N–H and O–H groups in total. The van der Waals surface area contributed by atoms with Crippen LogP contribution < -0.4 is 0 Å². The zero-order chi connectivity index (χ0) is 13.8. The number of aliphatic hydroxyl groups excluding tert-OH is 2. The maximum absolute atomic E-state index is 10.8. The zero-order valence-corrected chi connectivity index (χ0v) is 9.35. The van der Waals surface area contributed by atoms with E-state index < -0.39 is 28.6 Å². The highest BCUT2D eigenvalue weighted by Crippen LogP contribution is 2.19. The van der Waals surface area contributed by atoms with Crippen molar-refractivity contribution in [3.8, 4) is 0 Å². The molecule has 0 aliphatic heterocycles. The van der Waals surface area contributed by atoms with Gasteiger partial charge in [-0.15, -0.1) is 0 Å². The normalized spacial score (nSPS) is 11.2. The van der Waals surface area contributed by atoms with Gasteiger partial charge in [-0.05, 0) is 5.56 Å². The fourth-order valence-electron chi connectivity index (χ4n) is 1.46. The molecule has 1 rings (SSSR count). The molecule has 0 saturated heterocycles. The van der Waals surface area contributed by atoms with Crippen molar-refractivity contribution in [2.24, 2.45) is 0 Å². The molecule has 0 aromatic heterocycles. The van der Waals surface area contributed by atoms with Crippen LogP contribution in [0.25, 0.3) is 0 Å². The summed E-state index contributed by atoms with van der Waals surface area (Å²) in [7, 11) is 0. The van der Waals surface area contributed by atoms with Crippen LogP contribution in [0.1, 0.15) is 5.56 Å². The highest BCUT2D eigenvalue weighted by Gasteiger charge is 2.41. The standard InChI is InChI=1S/C10H12N2O6/c13-6-10(7-14,12(17)18)5-8-1-3-9(4-2-8)11(15)16/h1-4,13-14H,5-7H2. The van der Waals surface area contributed by atoms with Crippen molar-refractivity contribution < 1.29 is 20.1 Å². The summed E-state index contributed by atoms with van der Waals surface area (Å²) in [4.78, 5) is 20.0. The number of benzene rings is 1. The van der Waals surface area contributed by atoms with Gasteiger partial charge in [0.05, 0.1) is 4.92 Å². The second-order valence-corrected chi connectivity index (χ2v) is 3.90. The first kappa shape index (κ1) is 14.0. The van der Waals surface area contributed by atoms with Crippen molar-refractivity contribution in [2.45, 2.75) is 12.0 Å². The molecular formula is C10H12N2O6. The van der Waals surface area contributed by atoms with Gasteiger partial charge in [-0.3, -0.25) is 20.2 Å². The van der Waals surface area contributed by atoms with Crippen LogP contribution >= 0.6 is 0 Å². The molecule has 0 saturated carbocycles. The lowest BCUT2D eigenvalue weighted by Gasteiger charge is -2.20. The lowest BCUT2D eigenvalue weighted by molar-refractivity contribution is -0.577. The fraction of sp³-hybridized carbons (Fsp3) is 0.400. The van der Waals surface area contributed by atoms with E-state index in [2.05, 4.69) is 0 Å². The lowest BCUT2D eigenvalue weighted by atomic mass is 9.93. The summed E-state index contributed by atoms with van der Waals surface area (Å²) < 4.78 is 0. The summed E-state index contributed by atoms with van der Waals surface area (Å²) in [6, 6.07) is 5.16. The molecule has 0 heterocycles. The van der Waals surface area contributed by atoms with Gasteiger partial charge in [0.1, 0.15) is 13.2 Å². The van der Waals surface area contributed by atoms with Gasteiger partial charge in [0.2, 0.25) is 0 Å². The minimum Gasteiger partial charge on any atom is -0.389 e. The second-order valence-electron chi connectivity index (χ2n) is 3.90. The van der Waals surface area contributed by atoms with E-state index in [1.165, 1.54) is 24.3 Å². The number of nitro benzene ring substituents is 1. The lowest BCUT2D eigenvalue weighted by Crippen LogP contribution is -2.47. The van der Waals surface area contributed by atoms with Crippen LogP contribution in [-0.2, 0) is 6.42 Å². The molecule has 8 heteroatoms. The maximum Gasteiger partial charge on any atom is 0.271 e. The van der Waals surface area contributed by atoms with Crippen LogP contribution in [-0.4, -0.2) is 38.8 Å². The number of hydrogen-bond acceptors (Lipinski definition) is 6. The van der Waals surface area contributed by atoms with Gasteiger partial charge in [-0.1, -0.05) is 12.1 Å². The predicted octanol–water partition coefficient (Wildman–Crippen LogP) is 0.137. The van der Waals surface area contributed by atoms with Crippen LogP contribution in [0.2, 0.25) is 0 Å². The molecule has 8 nitrogen and oxygen atoms in total. The Bertz CT molecular complexity index is 440. The minimum atomic E-state index is -1.86. The number of non-ortho nitro benzene ring substituents is 1. The van der Waals surface area contributed by atoms with E-state index in [0.29, 0.717) is 5.56 Å². The van der Waals surface area contributed by atoms with Crippen molar-refractivity contribution in [3.05, 3.63) is 50.1 Å². The van der Waals surface area contributed by atoms with Crippen LogP contribution in [0.15, 0.2) is 24.3 Å². The molecular weight excluding hydrogens is 244 g/mol. The Morgan fingerprint density at radius 2 is 1.56 bits per heavy atom. The number of aliphatic hydroxyl groups is 2. The van der Waals surface area contributed by atoms with Crippen LogP contribution in [0, 0.1) is 20.2 Å². The maximum atomic E-state index is 10.8. The molecule has 98 valence electrons. The number of rotatable bonds is 6. The quantitative estimate of drug-likeness (QED) is 0.550. The summed E-state index contributed by atoms with van der Waals surface area (Å²) in [5.74, 6) is 0. The zero-order valence-electron chi connectivity index (χ0n) is 9.35. The number of nitro groups is 2. The first-order valence-electron chi connectivity index (χ1n) is 5.05. The van der Waals surface area contributed by atoms with Gasteiger partial charge in [0.15, 0.2) is 0 Å². The average molecular weight is 256 g/mol. The van der Waals surface area contributed by atoms with Gasteiger partial charge in [-0.2, -0.15) is 0 Å². The van der Waals surface area contributed by atoms with Crippen LogP contribution in [0.5, 0.6) is 0 Å². The Morgan fingerprint density at radius 3 is 1.89 bits per heavy atom. The monoisotopic (exact) mass is 256 g/mol. The van der Waals surface area contributed by atoms with E-state index in [9.17, 15) is 20.2 Å². The van der Waals surface area contributed by atoms with Crippen molar-refractivity contribution >= 4 is 5.69 Å². The summed E-state index contributed by atoms with van der Waals surface area (Å²) in [5, 5.41) is 39.4. The predicted molar refractivity (Wildman–Crippen MR) is 60.7 cm³/mol. The molecule has 0 unspecified atom stereocenters. The largest absolute Gasteiger partial charge is 0.389 e. The Morgan fingerprint density at radius 1 is 1.06 bits per heavy atom. The summed E-state index contributed by atoms with van der Waals surface area (Å²) in [6.07, 6.45) is -0.203. The first-order chi connectivity index (χ1) is 8.45. The van der Waals surface area contributed by atoms with Gasteiger partial charge in [0.25, 0.3) is 11.2 Å². The third kappa shape index (κ3) is 2.79. The van der Waals surface area contributed by atoms with Crippen molar-refractivity contribution in [2.75, 3.05) is 13.2 Å². The summed E-state index contributed by atoms with van der Waals surface area (Å²) >= 11 is 0. The fourth-order valence-corrected chi connectivity index (χ4v) is 1.46. The molecule has 0 bridgehead atoms. The highest BCUT2D eigenvalue weighted by atomic mass is 16.6. The number of nitrogens with zero attached hydrogens (tertiary/aromatic N) is 2. The topological polar surface area (TPSA) is 127 Å². The van der Waals surface area contributed by atoms with Crippen molar-refractivity contribution in [1.29, 1.82) is 0 Å². The van der Waals surface area contributed by atoms with E-state index in [4.69, 9.17) is 10.2 Å². The van der Waals surface area contributed by atoms with E-state index in [1.54, 1.807) is 0 Å². The Hall–Kier alpha value is -2.06. The third-order valence-corrected chi connectivity index (χ3v) is 2.66. The molecule has 0 radical (unpaired) electrons. The van der Waals surface area contributed by atoms with Gasteiger partial charge >= 0.3 is 0 Å². The van der Waals surface area contributed by atoms with E-state index in [1.807, 2.05) is 0 Å². The molecule has 0 aliphatic rings. The molecule has 1 aromatic rings. The molecule has 0 amide bonds. The van der Waals surface area contributed by atoms with E-state index in [-0.39, 0.29) is 12.1 Å². The summed E-state index contributed by atoms with van der Waals surface area (Å²) in [5.41, 5.74) is -1.56. The second kappa shape index (κ2) is 5.52. The van der Waals surface area contributed by atoms with E-state index in [0.717, 1.165) is 0 Å². The Balaban J connectivity index is 2.95. The van der Waals surface area contributed by atoms with Crippen molar-refractivity contribution in [1.82, 2.24) is 0 Å². The van der Waals surface area contributed by atoms with Crippen LogP contribution in [0.3, 0.4) is 0 Å². The molecule has 18 heavy (non-hydrogen) atoms. The van der Waals surface area contributed by atoms with E-state index >= 15 is 0 Å². The van der Waals surface area contributed by atoms with Crippen molar-refractivity contribution in [3.63, 3.8) is 0 Å². The van der Waals surface area contributed by atoms with Gasteiger partial charge in [-0.25, -0.2) is 0 Å². The minimum absolute atomic E-state index is 0.126. The first-order valence-corrected chi connectivity index (χ1v) is 5.05.